The van der Waals surface area contributed by atoms with Gasteiger partial charge in [0, 0.05) is 37.1 Å². The van der Waals surface area contributed by atoms with E-state index in [1.807, 2.05) is 41.0 Å². The van der Waals surface area contributed by atoms with Crippen molar-refractivity contribution in [3.8, 4) is 5.75 Å². The fourth-order valence-corrected chi connectivity index (χ4v) is 8.78. The lowest BCUT2D eigenvalue weighted by atomic mass is 9.84. The first kappa shape index (κ1) is 42.4. The summed E-state index contributed by atoms with van der Waals surface area (Å²) in [6.07, 6.45) is 0.607. The van der Waals surface area contributed by atoms with Gasteiger partial charge in [-0.25, -0.2) is 9.80 Å². The molecule has 0 fully saturated rings. The summed E-state index contributed by atoms with van der Waals surface area (Å²) >= 11 is 1.83. The number of hydrogen-bond acceptors (Lipinski definition) is 9. The predicted octanol–water partition coefficient (Wildman–Crippen LogP) is 8.10. The van der Waals surface area contributed by atoms with E-state index >= 15 is 0 Å². The average Bonchev–Trinajstić information content (AvgIpc) is 3.23. The quantitative estimate of drug-likeness (QED) is 0.0386. The second-order valence-electron chi connectivity index (χ2n) is 15.2. The lowest BCUT2D eigenvalue weighted by molar-refractivity contribution is -0.384. The van der Waals surface area contributed by atoms with Crippen molar-refractivity contribution in [3.63, 3.8) is 0 Å². The van der Waals surface area contributed by atoms with Gasteiger partial charge in [0.15, 0.2) is 0 Å². The molecular formula is C46H49N5O7S. The van der Waals surface area contributed by atoms with Crippen LogP contribution in [0.5, 0.6) is 5.75 Å². The molecule has 5 aromatic carbocycles. The molecule has 2 atom stereocenters. The molecular weight excluding hydrogens is 767 g/mol. The Morgan fingerprint density at radius 2 is 1.44 bits per heavy atom. The number of benzene rings is 5. The number of primary amides is 1. The smallest absolute Gasteiger partial charge is 0.422 e. The molecule has 3 amide bonds. The number of carbonyl (C=O) groups excluding carboxylic acids is 3. The van der Waals surface area contributed by atoms with E-state index in [0.717, 1.165) is 16.7 Å². The van der Waals surface area contributed by atoms with Crippen LogP contribution in [0, 0.1) is 10.1 Å². The topological polar surface area (TPSA) is 166 Å². The molecule has 6 rings (SSSR count). The van der Waals surface area contributed by atoms with E-state index in [9.17, 15) is 24.5 Å². The number of nitro benzene ring substituents is 1. The van der Waals surface area contributed by atoms with Crippen LogP contribution in [0.25, 0.3) is 0 Å². The van der Waals surface area contributed by atoms with E-state index in [4.69, 9.17) is 15.2 Å². The van der Waals surface area contributed by atoms with Crippen molar-refractivity contribution in [1.82, 2.24) is 15.8 Å². The van der Waals surface area contributed by atoms with Crippen LogP contribution in [-0.2, 0) is 20.7 Å². The molecule has 0 spiro atoms. The normalized spacial score (nSPS) is 14.3. The number of carbonyl (C=O) groups is 3. The molecule has 1 heterocycles. The SMILES string of the molecule is CC(C)(C)OC(=O)NN(CCCSC(c1ccccc1)(c1ccccc1)c1ccccc1)[C@H]1CCOc2c(C(=O)N[C@@H](Cc3ccc([N+](=O)[O-])cc3)C(N)=O)cccc21. The minimum atomic E-state index is -1.10. The van der Waals surface area contributed by atoms with Gasteiger partial charge in [-0.2, -0.15) is 0 Å². The molecule has 0 bridgehead atoms. The minimum absolute atomic E-state index is 0.0310. The molecule has 306 valence electrons. The van der Waals surface area contributed by atoms with Crippen LogP contribution >= 0.6 is 11.8 Å². The molecule has 0 aromatic heterocycles. The lowest BCUT2D eigenvalue weighted by Crippen LogP contribution is -2.48. The predicted molar refractivity (Wildman–Crippen MR) is 229 cm³/mol. The Morgan fingerprint density at radius 1 is 0.864 bits per heavy atom. The Kier molecular flexibility index (Phi) is 13.7. The summed E-state index contributed by atoms with van der Waals surface area (Å²) in [5.74, 6) is -0.286. The van der Waals surface area contributed by atoms with E-state index in [-0.39, 0.29) is 24.3 Å². The summed E-state index contributed by atoms with van der Waals surface area (Å²) in [4.78, 5) is 50.3. The van der Waals surface area contributed by atoms with Gasteiger partial charge < -0.3 is 20.5 Å². The maximum absolute atomic E-state index is 13.8. The molecule has 13 heteroatoms. The van der Waals surface area contributed by atoms with Crippen LogP contribution in [-0.4, -0.2) is 58.4 Å². The summed E-state index contributed by atoms with van der Waals surface area (Å²) in [6, 6.07) is 40.9. The molecule has 0 saturated carbocycles. The van der Waals surface area contributed by atoms with Gasteiger partial charge >= 0.3 is 6.09 Å². The van der Waals surface area contributed by atoms with E-state index in [1.165, 1.54) is 24.3 Å². The Morgan fingerprint density at radius 3 is 1.97 bits per heavy atom. The van der Waals surface area contributed by atoms with Gasteiger partial charge in [-0.1, -0.05) is 115 Å². The van der Waals surface area contributed by atoms with Crippen molar-refractivity contribution in [3.05, 3.63) is 177 Å². The summed E-state index contributed by atoms with van der Waals surface area (Å²) < 4.78 is 11.3. The van der Waals surface area contributed by atoms with Gasteiger partial charge in [0.1, 0.15) is 17.4 Å². The van der Waals surface area contributed by atoms with Crippen LogP contribution in [0.4, 0.5) is 10.5 Å². The highest BCUT2D eigenvalue weighted by molar-refractivity contribution is 8.00. The third-order valence-electron chi connectivity index (χ3n) is 9.94. The van der Waals surface area contributed by atoms with Crippen LogP contribution in [0.3, 0.4) is 0 Å². The molecule has 1 aliphatic heterocycles. The van der Waals surface area contributed by atoms with E-state index in [1.54, 1.807) is 32.9 Å². The second-order valence-corrected chi connectivity index (χ2v) is 16.5. The third-order valence-corrected chi connectivity index (χ3v) is 11.6. The number of nitro groups is 1. The highest BCUT2D eigenvalue weighted by atomic mass is 32.2. The minimum Gasteiger partial charge on any atom is -0.492 e. The Bertz CT molecular complexity index is 2120. The van der Waals surface area contributed by atoms with Gasteiger partial charge in [-0.05, 0) is 61.3 Å². The number of nitrogens with one attached hydrogen (secondary N) is 2. The van der Waals surface area contributed by atoms with Crippen molar-refractivity contribution in [2.24, 2.45) is 5.73 Å². The number of non-ortho nitro benzene ring substituents is 1. The maximum Gasteiger partial charge on any atom is 0.422 e. The van der Waals surface area contributed by atoms with E-state index in [2.05, 4.69) is 83.5 Å². The van der Waals surface area contributed by atoms with Gasteiger partial charge in [0.05, 0.1) is 27.9 Å². The number of fused-ring (bicyclic) bond motifs is 1. The number of thioether (sulfide) groups is 1. The molecule has 5 aromatic rings. The van der Waals surface area contributed by atoms with Gasteiger partial charge in [-0.15, -0.1) is 11.8 Å². The van der Waals surface area contributed by atoms with Crippen LogP contribution < -0.4 is 21.2 Å². The Hall–Kier alpha value is -6.18. The number of nitrogens with two attached hydrogens (primary N) is 1. The second kappa shape index (κ2) is 19.0. The van der Waals surface area contributed by atoms with Crippen molar-refractivity contribution in [2.45, 2.75) is 62.5 Å². The fraction of sp³-hybridized carbons (Fsp3) is 0.283. The Labute approximate surface area is 348 Å². The first-order chi connectivity index (χ1) is 28.4. The maximum atomic E-state index is 13.8. The van der Waals surface area contributed by atoms with Crippen molar-refractivity contribution < 1.29 is 28.8 Å². The largest absolute Gasteiger partial charge is 0.492 e. The summed E-state index contributed by atoms with van der Waals surface area (Å²) in [5, 5.41) is 15.7. The number of para-hydroxylation sites is 1. The molecule has 59 heavy (non-hydrogen) atoms. The third kappa shape index (κ3) is 10.5. The van der Waals surface area contributed by atoms with Crippen molar-refractivity contribution >= 4 is 35.4 Å². The van der Waals surface area contributed by atoms with Gasteiger partial charge in [0.2, 0.25) is 5.91 Å². The summed E-state index contributed by atoms with van der Waals surface area (Å²) in [6.45, 7) is 6.11. The zero-order chi connectivity index (χ0) is 42.0. The highest BCUT2D eigenvalue weighted by Crippen LogP contribution is 2.49. The molecule has 4 N–H and O–H groups in total. The first-order valence-corrected chi connectivity index (χ1v) is 20.5. The lowest BCUT2D eigenvalue weighted by Gasteiger charge is -2.37. The molecule has 0 aliphatic carbocycles. The molecule has 0 saturated heterocycles. The monoisotopic (exact) mass is 815 g/mol. The first-order valence-electron chi connectivity index (χ1n) is 19.5. The van der Waals surface area contributed by atoms with Crippen LogP contribution in [0.1, 0.15) is 77.8 Å². The number of amides is 3. The molecule has 0 radical (unpaired) electrons. The van der Waals surface area contributed by atoms with Gasteiger partial charge in [0.25, 0.3) is 11.6 Å². The number of hydrazine groups is 1. The van der Waals surface area contributed by atoms with E-state index in [0.29, 0.717) is 42.0 Å². The zero-order valence-electron chi connectivity index (χ0n) is 33.3. The fourth-order valence-electron chi connectivity index (χ4n) is 7.29. The van der Waals surface area contributed by atoms with Crippen molar-refractivity contribution in [2.75, 3.05) is 18.9 Å². The summed E-state index contributed by atoms with van der Waals surface area (Å²) in [7, 11) is 0. The number of hydrogen-bond donors (Lipinski definition) is 3. The van der Waals surface area contributed by atoms with E-state index < -0.39 is 45.3 Å². The highest BCUT2D eigenvalue weighted by Gasteiger charge is 2.37. The number of ether oxygens (including phenoxy) is 2. The van der Waals surface area contributed by atoms with Gasteiger partial charge in [-0.3, -0.25) is 25.1 Å². The molecule has 0 unspecified atom stereocenters. The van der Waals surface area contributed by atoms with Crippen LogP contribution in [0.15, 0.2) is 133 Å². The number of nitrogens with zero attached hydrogens (tertiary/aromatic N) is 2. The number of rotatable bonds is 16. The average molecular weight is 816 g/mol. The van der Waals surface area contributed by atoms with Crippen LogP contribution in [0.2, 0.25) is 0 Å². The molecule has 12 nitrogen and oxygen atoms in total. The zero-order valence-corrected chi connectivity index (χ0v) is 34.2. The summed E-state index contributed by atoms with van der Waals surface area (Å²) in [5.41, 5.74) is 12.8. The molecule has 1 aliphatic rings. The Balaban J connectivity index is 1.25. The standard InChI is InChI=1S/C46H49N5O7S/c1-45(2,3)58-44(54)49-50(28-14-30-59-46(33-15-7-4-8-16-33,34-17-9-5-10-18-34)35-19-11-6-12-20-35)40-27-29-57-41-37(40)21-13-22-38(41)43(53)48-39(42(47)52)31-32-23-25-36(26-24-32)51(55)56/h4-13,15-26,39-40H,14,27-31H2,1-3H3,(H2,47,52)(H,48,53)(H,49,54)/t39-,40-/m0/s1. The van der Waals surface area contributed by atoms with Crippen molar-refractivity contribution in [1.29, 1.82) is 0 Å².